The van der Waals surface area contributed by atoms with Gasteiger partial charge in [0.1, 0.15) is 5.82 Å². The van der Waals surface area contributed by atoms with E-state index in [2.05, 4.69) is 0 Å². The van der Waals surface area contributed by atoms with Crippen LogP contribution in [0.5, 0.6) is 0 Å². The molecule has 18 heavy (non-hydrogen) atoms. The lowest BCUT2D eigenvalue weighted by atomic mass is 10.2. The van der Waals surface area contributed by atoms with Crippen LogP contribution >= 0.6 is 0 Å². The van der Waals surface area contributed by atoms with Crippen LogP contribution in [0.15, 0.2) is 24.3 Å². The Labute approximate surface area is 106 Å². The zero-order chi connectivity index (χ0) is 13.4. The number of carboxylic acid groups (broad SMARTS) is 1. The molecule has 4 nitrogen and oxygen atoms in total. The molecular formula is C13H18FNO3. The maximum Gasteiger partial charge on any atom is 0.304 e. The molecule has 0 atom stereocenters. The quantitative estimate of drug-likeness (QED) is 0.738. The van der Waals surface area contributed by atoms with E-state index < -0.39 is 5.97 Å². The molecule has 0 heterocycles. The molecule has 0 aliphatic heterocycles. The van der Waals surface area contributed by atoms with Gasteiger partial charge in [-0.2, -0.15) is 0 Å². The fraction of sp³-hybridized carbons (Fsp3) is 0.462. The number of aliphatic hydroxyl groups excluding tert-OH is 1. The predicted octanol–water partition coefficient (Wildman–Crippen LogP) is 1.48. The van der Waals surface area contributed by atoms with Gasteiger partial charge >= 0.3 is 5.97 Å². The molecule has 0 bridgehead atoms. The molecule has 2 N–H and O–H groups in total. The normalized spacial score (nSPS) is 10.8. The average molecular weight is 255 g/mol. The van der Waals surface area contributed by atoms with Gasteiger partial charge in [-0.25, -0.2) is 4.39 Å². The van der Waals surface area contributed by atoms with E-state index in [1.54, 1.807) is 18.2 Å². The number of rotatable bonds is 8. The van der Waals surface area contributed by atoms with Crippen LogP contribution in [0.4, 0.5) is 4.39 Å². The monoisotopic (exact) mass is 255 g/mol. The van der Waals surface area contributed by atoms with Gasteiger partial charge in [-0.3, -0.25) is 9.69 Å². The molecule has 0 aliphatic carbocycles. The van der Waals surface area contributed by atoms with Gasteiger partial charge in [0.2, 0.25) is 0 Å². The average Bonchev–Trinajstić information content (AvgIpc) is 2.35. The third kappa shape index (κ3) is 5.25. The molecule has 0 unspecified atom stereocenters. The van der Waals surface area contributed by atoms with Crippen molar-refractivity contribution in [2.24, 2.45) is 0 Å². The summed E-state index contributed by atoms with van der Waals surface area (Å²) in [5.74, 6) is -1.17. The Balaban J connectivity index is 2.59. The van der Waals surface area contributed by atoms with Crippen LogP contribution in [0.2, 0.25) is 0 Å². The second-order valence-corrected chi connectivity index (χ2v) is 4.09. The van der Waals surface area contributed by atoms with Crippen LogP contribution in [-0.2, 0) is 11.3 Å². The maximum atomic E-state index is 13.5. The molecule has 5 heteroatoms. The lowest BCUT2D eigenvalue weighted by Gasteiger charge is -2.21. The van der Waals surface area contributed by atoms with Crippen LogP contribution in [0, 0.1) is 5.82 Å². The number of carbonyl (C=O) groups is 1. The third-order valence-electron chi connectivity index (χ3n) is 2.63. The lowest BCUT2D eigenvalue weighted by Crippen LogP contribution is -2.28. The number of aliphatic hydroxyl groups is 1. The Hall–Kier alpha value is -1.46. The minimum absolute atomic E-state index is 0.0138. The first-order valence-corrected chi connectivity index (χ1v) is 5.92. The number of hydrogen-bond donors (Lipinski definition) is 2. The summed E-state index contributed by atoms with van der Waals surface area (Å²) in [7, 11) is 0. The maximum absolute atomic E-state index is 13.5. The number of hydrogen-bond acceptors (Lipinski definition) is 3. The van der Waals surface area contributed by atoms with E-state index in [9.17, 15) is 9.18 Å². The number of halogens is 1. The molecule has 0 saturated carbocycles. The van der Waals surface area contributed by atoms with Gasteiger partial charge in [-0.05, 0) is 12.5 Å². The van der Waals surface area contributed by atoms with Crippen LogP contribution in [0.3, 0.4) is 0 Å². The summed E-state index contributed by atoms with van der Waals surface area (Å²) in [6, 6.07) is 6.44. The van der Waals surface area contributed by atoms with E-state index in [4.69, 9.17) is 10.2 Å². The second kappa shape index (κ2) is 7.79. The van der Waals surface area contributed by atoms with E-state index in [0.717, 1.165) is 0 Å². The Morgan fingerprint density at radius 1 is 1.28 bits per heavy atom. The van der Waals surface area contributed by atoms with E-state index in [1.807, 2.05) is 4.90 Å². The Morgan fingerprint density at radius 3 is 2.61 bits per heavy atom. The number of nitrogens with zero attached hydrogens (tertiary/aromatic N) is 1. The van der Waals surface area contributed by atoms with Gasteiger partial charge in [-0.15, -0.1) is 0 Å². The lowest BCUT2D eigenvalue weighted by molar-refractivity contribution is -0.137. The fourth-order valence-electron chi connectivity index (χ4n) is 1.69. The zero-order valence-corrected chi connectivity index (χ0v) is 10.2. The van der Waals surface area contributed by atoms with Crippen molar-refractivity contribution < 1.29 is 19.4 Å². The van der Waals surface area contributed by atoms with Gasteiger partial charge in [0.25, 0.3) is 0 Å². The van der Waals surface area contributed by atoms with Crippen LogP contribution < -0.4 is 0 Å². The Bertz CT molecular complexity index is 384. The van der Waals surface area contributed by atoms with Crippen molar-refractivity contribution in [3.8, 4) is 0 Å². The van der Waals surface area contributed by atoms with E-state index in [-0.39, 0.29) is 18.8 Å². The SMILES string of the molecule is O=C(O)CCN(CCCO)Cc1ccccc1F. The summed E-state index contributed by atoms with van der Waals surface area (Å²) in [4.78, 5) is 12.4. The highest BCUT2D eigenvalue weighted by Crippen LogP contribution is 2.10. The van der Waals surface area contributed by atoms with Crippen molar-refractivity contribution >= 4 is 5.97 Å². The van der Waals surface area contributed by atoms with Gasteiger partial charge in [0, 0.05) is 31.8 Å². The first kappa shape index (κ1) is 14.6. The minimum atomic E-state index is -0.877. The Morgan fingerprint density at radius 2 is 2.00 bits per heavy atom. The fourth-order valence-corrected chi connectivity index (χ4v) is 1.69. The summed E-state index contributed by atoms with van der Waals surface area (Å²) >= 11 is 0. The van der Waals surface area contributed by atoms with Crippen molar-refractivity contribution in [1.82, 2.24) is 4.90 Å². The van der Waals surface area contributed by atoms with Gasteiger partial charge in [-0.1, -0.05) is 18.2 Å². The summed E-state index contributed by atoms with van der Waals surface area (Å²) in [6.45, 7) is 1.31. The van der Waals surface area contributed by atoms with Crippen molar-refractivity contribution in [1.29, 1.82) is 0 Å². The van der Waals surface area contributed by atoms with Crippen LogP contribution in [0.25, 0.3) is 0 Å². The standard InChI is InChI=1S/C13H18FNO3/c14-12-5-2-1-4-11(12)10-15(7-3-9-16)8-6-13(17)18/h1-2,4-5,16H,3,6-10H2,(H,17,18). The molecule has 0 radical (unpaired) electrons. The van der Waals surface area contributed by atoms with Crippen LogP contribution in [-0.4, -0.2) is 40.8 Å². The predicted molar refractivity (Wildman–Crippen MR) is 65.6 cm³/mol. The smallest absolute Gasteiger partial charge is 0.304 e. The van der Waals surface area contributed by atoms with E-state index in [0.29, 0.717) is 31.6 Å². The third-order valence-corrected chi connectivity index (χ3v) is 2.63. The number of aliphatic carboxylic acids is 1. The first-order valence-electron chi connectivity index (χ1n) is 5.92. The molecule has 1 aromatic rings. The summed E-state index contributed by atoms with van der Waals surface area (Å²) in [5, 5.41) is 17.5. The molecule has 0 fully saturated rings. The molecule has 0 spiro atoms. The number of carboxylic acids is 1. The first-order chi connectivity index (χ1) is 8.63. The molecule has 0 amide bonds. The van der Waals surface area contributed by atoms with Gasteiger partial charge in [0.15, 0.2) is 0 Å². The van der Waals surface area contributed by atoms with Gasteiger partial charge < -0.3 is 10.2 Å². The molecule has 0 saturated heterocycles. The van der Waals surface area contributed by atoms with Gasteiger partial charge in [0.05, 0.1) is 6.42 Å². The zero-order valence-electron chi connectivity index (χ0n) is 10.2. The largest absolute Gasteiger partial charge is 0.481 e. The van der Waals surface area contributed by atoms with Crippen molar-refractivity contribution in [3.05, 3.63) is 35.6 Å². The summed E-state index contributed by atoms with van der Waals surface area (Å²) in [6.07, 6.45) is 0.563. The molecular weight excluding hydrogens is 237 g/mol. The molecule has 0 aromatic heterocycles. The molecule has 100 valence electrons. The van der Waals surface area contributed by atoms with Crippen LogP contribution in [0.1, 0.15) is 18.4 Å². The van der Waals surface area contributed by atoms with Crippen molar-refractivity contribution in [3.63, 3.8) is 0 Å². The molecule has 1 aromatic carbocycles. The Kier molecular flexibility index (Phi) is 6.32. The highest BCUT2D eigenvalue weighted by atomic mass is 19.1. The highest BCUT2D eigenvalue weighted by Gasteiger charge is 2.10. The minimum Gasteiger partial charge on any atom is -0.481 e. The topological polar surface area (TPSA) is 60.8 Å². The highest BCUT2D eigenvalue weighted by molar-refractivity contribution is 5.66. The summed E-state index contributed by atoms with van der Waals surface area (Å²) in [5.41, 5.74) is 0.542. The summed E-state index contributed by atoms with van der Waals surface area (Å²) < 4.78 is 13.5. The van der Waals surface area contributed by atoms with E-state index >= 15 is 0 Å². The second-order valence-electron chi connectivity index (χ2n) is 4.09. The molecule has 1 rings (SSSR count). The number of benzene rings is 1. The van der Waals surface area contributed by atoms with Crippen molar-refractivity contribution in [2.45, 2.75) is 19.4 Å². The molecule has 0 aliphatic rings. The van der Waals surface area contributed by atoms with Crippen molar-refractivity contribution in [2.75, 3.05) is 19.7 Å². The van der Waals surface area contributed by atoms with E-state index in [1.165, 1.54) is 6.07 Å².